The standard InChI is InChI=1S/C7H4ClN3O2/c8-6-2-1-5-4(7(12)13)3-9-11(5)10-6/h1-3H,(H,12,13). The van der Waals surface area contributed by atoms with Crippen LogP contribution in [0.5, 0.6) is 0 Å². The van der Waals surface area contributed by atoms with E-state index in [1.165, 1.54) is 16.9 Å². The quantitative estimate of drug-likeness (QED) is 0.743. The van der Waals surface area contributed by atoms with Crippen LogP contribution in [0.4, 0.5) is 0 Å². The summed E-state index contributed by atoms with van der Waals surface area (Å²) in [5.74, 6) is -1.03. The number of hydrogen-bond donors (Lipinski definition) is 1. The number of aromatic carboxylic acids is 1. The predicted octanol–water partition coefficient (Wildman–Crippen LogP) is 1.08. The van der Waals surface area contributed by atoms with Gasteiger partial charge in [0.25, 0.3) is 0 Å². The first kappa shape index (κ1) is 8.00. The van der Waals surface area contributed by atoms with Crippen LogP contribution in [0.1, 0.15) is 10.4 Å². The number of carboxylic acid groups (broad SMARTS) is 1. The fourth-order valence-electron chi connectivity index (χ4n) is 1.02. The van der Waals surface area contributed by atoms with Gasteiger partial charge < -0.3 is 5.11 Å². The molecule has 0 spiro atoms. The lowest BCUT2D eigenvalue weighted by molar-refractivity contribution is 0.0699. The number of fused-ring (bicyclic) bond motifs is 1. The largest absolute Gasteiger partial charge is 0.478 e. The molecule has 0 amide bonds. The molecule has 0 saturated carbocycles. The molecule has 5 nitrogen and oxygen atoms in total. The minimum Gasteiger partial charge on any atom is -0.478 e. The van der Waals surface area contributed by atoms with Gasteiger partial charge in [0.2, 0.25) is 0 Å². The average molecular weight is 198 g/mol. The number of carbonyl (C=O) groups is 1. The Kier molecular flexibility index (Phi) is 1.66. The van der Waals surface area contributed by atoms with E-state index in [1.807, 2.05) is 0 Å². The lowest BCUT2D eigenvalue weighted by Crippen LogP contribution is -1.97. The molecule has 6 heteroatoms. The van der Waals surface area contributed by atoms with Crippen molar-refractivity contribution in [2.45, 2.75) is 0 Å². The molecule has 2 aromatic heterocycles. The maximum absolute atomic E-state index is 10.6. The van der Waals surface area contributed by atoms with Crippen LogP contribution in [-0.4, -0.2) is 25.9 Å². The van der Waals surface area contributed by atoms with Crippen molar-refractivity contribution >= 4 is 23.1 Å². The summed E-state index contributed by atoms with van der Waals surface area (Å²) in [5, 5.41) is 16.5. The lowest BCUT2D eigenvalue weighted by atomic mass is 10.3. The predicted molar refractivity (Wildman–Crippen MR) is 45.0 cm³/mol. The third kappa shape index (κ3) is 1.23. The molecule has 1 N–H and O–H groups in total. The summed E-state index contributed by atoms with van der Waals surface area (Å²) in [7, 11) is 0. The molecule has 2 heterocycles. The lowest BCUT2D eigenvalue weighted by Gasteiger charge is -1.92. The van der Waals surface area contributed by atoms with Crippen molar-refractivity contribution in [3.05, 3.63) is 29.0 Å². The first-order chi connectivity index (χ1) is 6.18. The maximum Gasteiger partial charge on any atom is 0.339 e. The smallest absolute Gasteiger partial charge is 0.339 e. The second kappa shape index (κ2) is 2.70. The number of halogens is 1. The molecule has 66 valence electrons. The van der Waals surface area contributed by atoms with Crippen molar-refractivity contribution in [1.82, 2.24) is 14.8 Å². The molecule has 0 unspecified atom stereocenters. The van der Waals surface area contributed by atoms with Gasteiger partial charge in [0.05, 0.1) is 6.20 Å². The second-order valence-electron chi connectivity index (χ2n) is 2.39. The summed E-state index contributed by atoms with van der Waals surface area (Å²) in [6, 6.07) is 3.08. The molecule has 0 fully saturated rings. The Balaban J connectivity index is 2.76. The Morgan fingerprint density at radius 3 is 3.00 bits per heavy atom. The summed E-state index contributed by atoms with van der Waals surface area (Å²) >= 11 is 5.59. The van der Waals surface area contributed by atoms with Crippen LogP contribution in [-0.2, 0) is 0 Å². The summed E-state index contributed by atoms with van der Waals surface area (Å²) < 4.78 is 1.19. The molecule has 2 rings (SSSR count). The van der Waals surface area contributed by atoms with E-state index in [2.05, 4.69) is 10.2 Å². The first-order valence-corrected chi connectivity index (χ1v) is 3.80. The van der Waals surface area contributed by atoms with E-state index in [0.717, 1.165) is 0 Å². The highest BCUT2D eigenvalue weighted by Gasteiger charge is 2.11. The Bertz CT molecular complexity index is 480. The fourth-order valence-corrected chi connectivity index (χ4v) is 1.16. The van der Waals surface area contributed by atoms with Crippen LogP contribution in [0.25, 0.3) is 5.52 Å². The van der Waals surface area contributed by atoms with Gasteiger partial charge in [-0.15, -0.1) is 9.73 Å². The van der Waals surface area contributed by atoms with E-state index in [0.29, 0.717) is 5.52 Å². The molecular weight excluding hydrogens is 194 g/mol. The zero-order valence-electron chi connectivity index (χ0n) is 6.31. The van der Waals surface area contributed by atoms with Gasteiger partial charge in [-0.05, 0) is 12.1 Å². The Labute approximate surface area is 77.5 Å². The van der Waals surface area contributed by atoms with Crippen molar-refractivity contribution < 1.29 is 9.90 Å². The van der Waals surface area contributed by atoms with E-state index in [-0.39, 0.29) is 10.7 Å². The van der Waals surface area contributed by atoms with E-state index < -0.39 is 5.97 Å². The van der Waals surface area contributed by atoms with Gasteiger partial charge in [-0.25, -0.2) is 4.79 Å². The Morgan fingerprint density at radius 1 is 1.54 bits per heavy atom. The Hall–Kier alpha value is -1.62. The number of carboxylic acids is 1. The average Bonchev–Trinajstić information content (AvgIpc) is 2.46. The third-order valence-electron chi connectivity index (χ3n) is 1.59. The minimum atomic E-state index is -1.03. The van der Waals surface area contributed by atoms with Crippen LogP contribution in [0.3, 0.4) is 0 Å². The van der Waals surface area contributed by atoms with Crippen LogP contribution >= 0.6 is 11.6 Å². The molecule has 0 aliphatic rings. The van der Waals surface area contributed by atoms with Crippen LogP contribution < -0.4 is 0 Å². The number of hydrogen-bond acceptors (Lipinski definition) is 3. The zero-order valence-corrected chi connectivity index (χ0v) is 7.06. The topological polar surface area (TPSA) is 67.5 Å². The van der Waals surface area contributed by atoms with Crippen LogP contribution in [0, 0.1) is 0 Å². The highest BCUT2D eigenvalue weighted by molar-refractivity contribution is 6.29. The van der Waals surface area contributed by atoms with Gasteiger partial charge in [-0.1, -0.05) is 11.6 Å². The van der Waals surface area contributed by atoms with Crippen molar-refractivity contribution in [1.29, 1.82) is 0 Å². The molecule has 0 aliphatic heterocycles. The third-order valence-corrected chi connectivity index (χ3v) is 1.79. The molecule has 0 radical (unpaired) electrons. The van der Waals surface area contributed by atoms with Gasteiger partial charge in [0, 0.05) is 0 Å². The number of rotatable bonds is 1. The van der Waals surface area contributed by atoms with Crippen LogP contribution in [0.2, 0.25) is 5.15 Å². The summed E-state index contributed by atoms with van der Waals surface area (Å²) in [4.78, 5) is 10.6. The summed E-state index contributed by atoms with van der Waals surface area (Å²) in [6.45, 7) is 0. The number of aromatic nitrogens is 3. The first-order valence-electron chi connectivity index (χ1n) is 3.42. The minimum absolute atomic E-state index is 0.115. The molecule has 2 aromatic rings. The Morgan fingerprint density at radius 2 is 2.31 bits per heavy atom. The molecule has 13 heavy (non-hydrogen) atoms. The van der Waals surface area contributed by atoms with Gasteiger partial charge in [-0.3, -0.25) is 0 Å². The molecule has 0 aromatic carbocycles. The maximum atomic E-state index is 10.6. The van der Waals surface area contributed by atoms with Gasteiger partial charge in [0.1, 0.15) is 11.1 Å². The molecule has 0 saturated heterocycles. The molecular formula is C7H4ClN3O2. The van der Waals surface area contributed by atoms with Crippen molar-refractivity contribution in [2.75, 3.05) is 0 Å². The van der Waals surface area contributed by atoms with Gasteiger partial charge in [0.15, 0.2) is 5.15 Å². The summed E-state index contributed by atoms with van der Waals surface area (Å²) in [6.07, 6.45) is 1.24. The molecule has 0 atom stereocenters. The van der Waals surface area contributed by atoms with E-state index in [9.17, 15) is 4.79 Å². The van der Waals surface area contributed by atoms with Crippen molar-refractivity contribution in [3.63, 3.8) is 0 Å². The SMILES string of the molecule is O=C(O)c1cnn2nc(Cl)ccc12. The highest BCUT2D eigenvalue weighted by Crippen LogP contribution is 2.11. The number of nitrogens with zero attached hydrogens (tertiary/aromatic N) is 3. The monoisotopic (exact) mass is 197 g/mol. The second-order valence-corrected chi connectivity index (χ2v) is 2.78. The zero-order chi connectivity index (χ0) is 9.42. The molecule has 0 aliphatic carbocycles. The fraction of sp³-hybridized carbons (Fsp3) is 0. The van der Waals surface area contributed by atoms with Gasteiger partial charge in [-0.2, -0.15) is 5.10 Å². The highest BCUT2D eigenvalue weighted by atomic mass is 35.5. The van der Waals surface area contributed by atoms with E-state index >= 15 is 0 Å². The van der Waals surface area contributed by atoms with Crippen LogP contribution in [0.15, 0.2) is 18.3 Å². The molecule has 0 bridgehead atoms. The van der Waals surface area contributed by atoms with E-state index in [4.69, 9.17) is 16.7 Å². The van der Waals surface area contributed by atoms with E-state index in [1.54, 1.807) is 6.07 Å². The van der Waals surface area contributed by atoms with Crippen molar-refractivity contribution in [2.24, 2.45) is 0 Å². The van der Waals surface area contributed by atoms with Crippen molar-refractivity contribution in [3.8, 4) is 0 Å². The normalized spacial score (nSPS) is 10.5. The summed E-state index contributed by atoms with van der Waals surface area (Å²) in [5.41, 5.74) is 0.543. The van der Waals surface area contributed by atoms with Gasteiger partial charge >= 0.3 is 5.97 Å².